The third kappa shape index (κ3) is 2.10. The van der Waals surface area contributed by atoms with E-state index in [1.165, 1.54) is 18.7 Å². The van der Waals surface area contributed by atoms with Crippen molar-refractivity contribution in [3.8, 4) is 0 Å². The molecule has 2 aromatic rings. The molecule has 1 aliphatic heterocycles. The Hall–Kier alpha value is -2.90. The Bertz CT molecular complexity index is 682. The highest BCUT2D eigenvalue weighted by Gasteiger charge is 2.50. The van der Waals surface area contributed by atoms with E-state index in [1.807, 2.05) is 0 Å². The molecule has 3 heterocycles. The summed E-state index contributed by atoms with van der Waals surface area (Å²) in [4.78, 5) is 33.6. The number of nitrogen functional groups attached to an aromatic ring is 1. The van der Waals surface area contributed by atoms with Crippen LogP contribution in [0, 0.1) is 0 Å². The maximum Gasteiger partial charge on any atom is 0.325 e. The molecule has 1 saturated heterocycles. The molecule has 108 valence electrons. The highest BCUT2D eigenvalue weighted by Crippen LogP contribution is 2.29. The first-order valence-electron chi connectivity index (χ1n) is 6.25. The van der Waals surface area contributed by atoms with Crippen LogP contribution in [0.3, 0.4) is 0 Å². The molecular weight excluding hydrogens is 274 g/mol. The number of aromatic nitrogens is 2. The molecule has 8 heteroatoms. The zero-order valence-corrected chi connectivity index (χ0v) is 11.2. The summed E-state index contributed by atoms with van der Waals surface area (Å²) in [5, 5.41) is 2.63. The Morgan fingerprint density at radius 2 is 2.19 bits per heavy atom. The van der Waals surface area contributed by atoms with Gasteiger partial charge in [-0.1, -0.05) is 0 Å². The van der Waals surface area contributed by atoms with Gasteiger partial charge in [-0.25, -0.2) is 9.78 Å². The summed E-state index contributed by atoms with van der Waals surface area (Å²) >= 11 is 0. The van der Waals surface area contributed by atoms with E-state index in [4.69, 9.17) is 10.2 Å². The van der Waals surface area contributed by atoms with Crippen molar-refractivity contribution in [2.75, 3.05) is 5.73 Å². The molecule has 2 aromatic heterocycles. The number of nitrogens with zero attached hydrogens (tertiary/aromatic N) is 3. The summed E-state index contributed by atoms with van der Waals surface area (Å²) in [6, 6.07) is 2.80. The highest BCUT2D eigenvalue weighted by molar-refractivity contribution is 6.06. The van der Waals surface area contributed by atoms with Crippen LogP contribution in [0.25, 0.3) is 0 Å². The van der Waals surface area contributed by atoms with E-state index in [2.05, 4.69) is 15.3 Å². The van der Waals surface area contributed by atoms with E-state index in [1.54, 1.807) is 19.1 Å². The Balaban J connectivity index is 1.86. The van der Waals surface area contributed by atoms with Crippen LogP contribution in [-0.4, -0.2) is 26.8 Å². The molecule has 3 amide bonds. The lowest BCUT2D eigenvalue weighted by Gasteiger charge is -2.18. The van der Waals surface area contributed by atoms with Crippen molar-refractivity contribution >= 4 is 17.8 Å². The number of hydrogen-bond donors (Lipinski definition) is 2. The summed E-state index contributed by atoms with van der Waals surface area (Å²) in [6.45, 7) is 1.62. The van der Waals surface area contributed by atoms with Crippen LogP contribution in [0.1, 0.15) is 18.4 Å². The normalized spacial score (nSPS) is 21.7. The zero-order valence-electron chi connectivity index (χ0n) is 11.2. The van der Waals surface area contributed by atoms with Crippen LogP contribution < -0.4 is 11.1 Å². The fourth-order valence-electron chi connectivity index (χ4n) is 2.18. The number of carbonyl (C=O) groups excluding carboxylic acids is 2. The number of furan rings is 1. The molecule has 1 unspecified atom stereocenters. The van der Waals surface area contributed by atoms with Crippen LogP contribution >= 0.6 is 0 Å². The third-order valence-electron chi connectivity index (χ3n) is 3.33. The van der Waals surface area contributed by atoms with Gasteiger partial charge in [0.05, 0.1) is 30.9 Å². The second kappa shape index (κ2) is 4.58. The van der Waals surface area contributed by atoms with Crippen molar-refractivity contribution in [3.63, 3.8) is 0 Å². The van der Waals surface area contributed by atoms with Crippen molar-refractivity contribution in [1.29, 1.82) is 0 Å². The zero-order chi connectivity index (χ0) is 15.0. The van der Waals surface area contributed by atoms with E-state index in [9.17, 15) is 9.59 Å². The van der Waals surface area contributed by atoms with Crippen LogP contribution in [0.15, 0.2) is 35.2 Å². The lowest BCUT2D eigenvalue weighted by molar-refractivity contribution is -0.132. The van der Waals surface area contributed by atoms with Gasteiger partial charge in [-0.2, -0.15) is 0 Å². The van der Waals surface area contributed by atoms with Crippen molar-refractivity contribution in [2.45, 2.75) is 19.0 Å². The van der Waals surface area contributed by atoms with Gasteiger partial charge in [-0.3, -0.25) is 14.7 Å². The topological polar surface area (TPSA) is 114 Å². The lowest BCUT2D eigenvalue weighted by Crippen LogP contribution is -2.40. The molecule has 3 rings (SSSR count). The van der Waals surface area contributed by atoms with Gasteiger partial charge >= 0.3 is 6.03 Å². The summed E-state index contributed by atoms with van der Waals surface area (Å²) in [6.07, 6.45) is 4.26. The second-order valence-corrected chi connectivity index (χ2v) is 4.86. The number of amides is 3. The first-order valence-corrected chi connectivity index (χ1v) is 6.25. The molecule has 0 radical (unpaired) electrons. The van der Waals surface area contributed by atoms with Crippen LogP contribution in [-0.2, 0) is 16.9 Å². The molecule has 0 aromatic carbocycles. The highest BCUT2D eigenvalue weighted by atomic mass is 16.3. The number of nitrogens with two attached hydrogens (primary N) is 1. The number of rotatable bonds is 3. The number of hydrogen-bond acceptors (Lipinski definition) is 6. The average molecular weight is 287 g/mol. The Morgan fingerprint density at radius 3 is 2.81 bits per heavy atom. The molecule has 1 aliphatic rings. The SMILES string of the molecule is CC1(c2ccco2)NC(=O)N(Cc2cnc(N)cn2)C1=O. The molecule has 21 heavy (non-hydrogen) atoms. The Morgan fingerprint density at radius 1 is 1.38 bits per heavy atom. The van der Waals surface area contributed by atoms with E-state index in [0.29, 0.717) is 11.5 Å². The smallest absolute Gasteiger partial charge is 0.325 e. The predicted octanol–water partition coefficient (Wildman–Crippen LogP) is 0.619. The van der Waals surface area contributed by atoms with Gasteiger partial charge in [0.15, 0.2) is 5.54 Å². The standard InChI is InChI=1S/C13H13N5O3/c1-13(9-3-2-4-21-9)11(19)18(12(20)17-13)7-8-5-16-10(14)6-15-8/h2-6H,7H2,1H3,(H2,14,16)(H,17,20). The van der Waals surface area contributed by atoms with Crippen molar-refractivity contribution in [3.05, 3.63) is 42.2 Å². The number of carbonyl (C=O) groups is 2. The van der Waals surface area contributed by atoms with E-state index < -0.39 is 17.5 Å². The molecule has 0 saturated carbocycles. The van der Waals surface area contributed by atoms with Crippen molar-refractivity contribution in [2.24, 2.45) is 0 Å². The van der Waals surface area contributed by atoms with Crippen LogP contribution in [0.5, 0.6) is 0 Å². The van der Waals surface area contributed by atoms with E-state index in [-0.39, 0.29) is 12.4 Å². The third-order valence-corrected chi connectivity index (χ3v) is 3.33. The van der Waals surface area contributed by atoms with Gasteiger partial charge < -0.3 is 15.5 Å². The number of imide groups is 1. The lowest BCUT2D eigenvalue weighted by atomic mass is 9.99. The van der Waals surface area contributed by atoms with Crippen molar-refractivity contribution in [1.82, 2.24) is 20.2 Å². The Labute approximate surface area is 120 Å². The maximum atomic E-state index is 12.5. The van der Waals surface area contributed by atoms with Gasteiger partial charge in [-0.05, 0) is 19.1 Å². The minimum absolute atomic E-state index is 0.0221. The minimum atomic E-state index is -1.21. The van der Waals surface area contributed by atoms with Gasteiger partial charge in [0.2, 0.25) is 0 Å². The average Bonchev–Trinajstić information content (AvgIpc) is 3.06. The summed E-state index contributed by atoms with van der Waals surface area (Å²) < 4.78 is 5.25. The van der Waals surface area contributed by atoms with Crippen molar-refractivity contribution < 1.29 is 14.0 Å². The maximum absolute atomic E-state index is 12.5. The van der Waals surface area contributed by atoms with Gasteiger partial charge in [0, 0.05) is 0 Å². The molecule has 0 spiro atoms. The van der Waals surface area contributed by atoms with Gasteiger partial charge in [0.25, 0.3) is 5.91 Å². The van der Waals surface area contributed by atoms with Crippen LogP contribution in [0.2, 0.25) is 0 Å². The summed E-state index contributed by atoms with van der Waals surface area (Å²) in [5.41, 5.74) is 4.71. The summed E-state index contributed by atoms with van der Waals surface area (Å²) in [5.74, 6) is 0.254. The number of nitrogens with one attached hydrogen (secondary N) is 1. The predicted molar refractivity (Wildman–Crippen MR) is 71.6 cm³/mol. The molecule has 0 bridgehead atoms. The van der Waals surface area contributed by atoms with Gasteiger partial charge in [0.1, 0.15) is 11.6 Å². The molecule has 3 N–H and O–H groups in total. The molecule has 8 nitrogen and oxygen atoms in total. The molecule has 1 atom stereocenters. The first-order chi connectivity index (χ1) is 10.0. The monoisotopic (exact) mass is 287 g/mol. The minimum Gasteiger partial charge on any atom is -0.466 e. The largest absolute Gasteiger partial charge is 0.466 e. The van der Waals surface area contributed by atoms with Crippen LogP contribution in [0.4, 0.5) is 10.6 Å². The molecular formula is C13H13N5O3. The fraction of sp³-hybridized carbons (Fsp3) is 0.231. The fourth-order valence-corrected chi connectivity index (χ4v) is 2.18. The number of anilines is 1. The molecule has 0 aliphatic carbocycles. The number of urea groups is 1. The summed E-state index contributed by atoms with van der Waals surface area (Å²) in [7, 11) is 0. The van der Waals surface area contributed by atoms with E-state index >= 15 is 0 Å². The Kier molecular flexibility index (Phi) is 2.86. The first kappa shape index (κ1) is 13.1. The second-order valence-electron chi connectivity index (χ2n) is 4.86. The quantitative estimate of drug-likeness (QED) is 0.800. The van der Waals surface area contributed by atoms with Gasteiger partial charge in [-0.15, -0.1) is 0 Å². The molecule has 1 fully saturated rings. The van der Waals surface area contributed by atoms with E-state index in [0.717, 1.165) is 4.90 Å².